The Balaban J connectivity index is 3.24. The first-order valence-corrected chi connectivity index (χ1v) is 8.28. The topological polar surface area (TPSA) is 92.4 Å². The first-order valence-electron chi connectivity index (χ1n) is 6.42. The van der Waals surface area contributed by atoms with Crippen LogP contribution in [-0.4, -0.2) is 25.7 Å². The Kier molecular flexibility index (Phi) is 5.43. The molecule has 0 aliphatic carbocycles. The molecule has 0 atom stereocenters. The summed E-state index contributed by atoms with van der Waals surface area (Å²) in [4.78, 5) is 0.00493. The van der Waals surface area contributed by atoms with Gasteiger partial charge >= 0.3 is 0 Å². The van der Waals surface area contributed by atoms with Crippen LogP contribution < -0.4 is 10.5 Å². The van der Waals surface area contributed by atoms with Crippen LogP contribution in [0.4, 0.5) is 5.69 Å². The minimum Gasteiger partial charge on any atom is -0.398 e. The summed E-state index contributed by atoms with van der Waals surface area (Å²) in [5.41, 5.74) is 5.85. The third kappa shape index (κ3) is 3.44. The molecule has 4 N–H and O–H groups in total. The summed E-state index contributed by atoms with van der Waals surface area (Å²) in [6.07, 6.45) is 0.961. The highest BCUT2D eigenvalue weighted by atomic mass is 35.5. The van der Waals surface area contributed by atoms with Crippen molar-refractivity contribution in [2.24, 2.45) is 0 Å². The Labute approximate surface area is 125 Å². The zero-order valence-corrected chi connectivity index (χ0v) is 13.5. The molecule has 114 valence electrons. The number of halogens is 1. The standard InChI is InChI=1S/C13H21ClN2O3S/c1-4-13(5-2,8-17)16-20(18,19)10-6-11(14)9(3)12(15)7-10/h6-7,16-17H,4-5,8,15H2,1-3H3. The number of aliphatic hydroxyl groups excluding tert-OH is 1. The van der Waals surface area contributed by atoms with E-state index in [1.807, 2.05) is 13.8 Å². The van der Waals surface area contributed by atoms with Crippen LogP contribution in [0.2, 0.25) is 5.02 Å². The van der Waals surface area contributed by atoms with E-state index in [-0.39, 0.29) is 11.5 Å². The quantitative estimate of drug-likeness (QED) is 0.699. The molecule has 0 radical (unpaired) electrons. The van der Waals surface area contributed by atoms with Crippen LogP contribution >= 0.6 is 11.6 Å². The Bertz CT molecular complexity index is 552. The number of rotatable bonds is 6. The fourth-order valence-corrected chi connectivity index (χ4v) is 3.71. The van der Waals surface area contributed by atoms with Gasteiger partial charge in [-0.2, -0.15) is 0 Å². The molecule has 0 saturated carbocycles. The predicted molar refractivity (Wildman–Crippen MR) is 81.3 cm³/mol. The van der Waals surface area contributed by atoms with Crippen molar-refractivity contribution in [2.75, 3.05) is 12.3 Å². The van der Waals surface area contributed by atoms with Gasteiger partial charge in [-0.3, -0.25) is 0 Å². The SMILES string of the molecule is CCC(CC)(CO)NS(=O)(=O)c1cc(N)c(C)c(Cl)c1. The molecular weight excluding hydrogens is 300 g/mol. The number of hydrogen-bond donors (Lipinski definition) is 3. The van der Waals surface area contributed by atoms with E-state index in [0.29, 0.717) is 29.1 Å². The maximum Gasteiger partial charge on any atom is 0.241 e. The molecule has 0 unspecified atom stereocenters. The second kappa shape index (κ2) is 6.30. The zero-order chi connectivity index (χ0) is 15.6. The highest BCUT2D eigenvalue weighted by Gasteiger charge is 2.31. The van der Waals surface area contributed by atoms with Gasteiger partial charge in [-0.05, 0) is 37.5 Å². The van der Waals surface area contributed by atoms with Crippen molar-refractivity contribution in [3.63, 3.8) is 0 Å². The van der Waals surface area contributed by atoms with Gasteiger partial charge in [0, 0.05) is 10.7 Å². The minimum absolute atomic E-state index is 0.00493. The van der Waals surface area contributed by atoms with E-state index in [9.17, 15) is 13.5 Å². The van der Waals surface area contributed by atoms with Crippen LogP contribution in [0.25, 0.3) is 0 Å². The van der Waals surface area contributed by atoms with Crippen LogP contribution in [0.1, 0.15) is 32.3 Å². The number of benzene rings is 1. The first kappa shape index (κ1) is 17.2. The lowest BCUT2D eigenvalue weighted by atomic mass is 9.96. The van der Waals surface area contributed by atoms with Crippen LogP contribution in [-0.2, 0) is 10.0 Å². The Morgan fingerprint density at radius 1 is 1.35 bits per heavy atom. The molecule has 0 bridgehead atoms. The molecule has 0 aromatic heterocycles. The van der Waals surface area contributed by atoms with Crippen LogP contribution in [0.15, 0.2) is 17.0 Å². The number of anilines is 1. The third-order valence-electron chi connectivity index (χ3n) is 3.68. The van der Waals surface area contributed by atoms with Gasteiger partial charge in [0.15, 0.2) is 0 Å². The number of hydrogen-bond acceptors (Lipinski definition) is 4. The third-order valence-corrected chi connectivity index (χ3v) is 5.63. The number of sulfonamides is 1. The summed E-state index contributed by atoms with van der Waals surface area (Å²) >= 11 is 5.98. The van der Waals surface area contributed by atoms with Crippen LogP contribution in [0.3, 0.4) is 0 Å². The van der Waals surface area contributed by atoms with Gasteiger partial charge in [0.25, 0.3) is 0 Å². The lowest BCUT2D eigenvalue weighted by molar-refractivity contribution is 0.172. The number of nitrogens with two attached hydrogens (primary N) is 1. The second-order valence-electron chi connectivity index (χ2n) is 4.87. The van der Waals surface area contributed by atoms with Crippen molar-refractivity contribution in [2.45, 2.75) is 44.0 Å². The number of nitrogens with one attached hydrogen (secondary N) is 1. The molecular formula is C13H21ClN2O3S. The van der Waals surface area contributed by atoms with E-state index in [1.165, 1.54) is 12.1 Å². The summed E-state index contributed by atoms with van der Waals surface area (Å²) in [5, 5.41) is 9.76. The average Bonchev–Trinajstić information content (AvgIpc) is 2.41. The lowest BCUT2D eigenvalue weighted by Crippen LogP contribution is -2.50. The maximum absolute atomic E-state index is 12.4. The fourth-order valence-electron chi connectivity index (χ4n) is 1.82. The smallest absolute Gasteiger partial charge is 0.241 e. The van der Waals surface area contributed by atoms with Gasteiger partial charge in [0.1, 0.15) is 0 Å². The molecule has 0 saturated heterocycles. The molecule has 1 rings (SSSR count). The zero-order valence-electron chi connectivity index (χ0n) is 11.9. The van der Waals surface area contributed by atoms with Crippen LogP contribution in [0.5, 0.6) is 0 Å². The molecule has 0 heterocycles. The summed E-state index contributed by atoms with van der Waals surface area (Å²) in [6.45, 7) is 5.09. The number of nitrogen functional groups attached to an aromatic ring is 1. The Morgan fingerprint density at radius 2 is 1.90 bits per heavy atom. The molecule has 1 aromatic carbocycles. The van der Waals surface area contributed by atoms with Gasteiger partial charge in [0.2, 0.25) is 10.0 Å². The van der Waals surface area contributed by atoms with E-state index >= 15 is 0 Å². The van der Waals surface area contributed by atoms with Gasteiger partial charge in [0.05, 0.1) is 17.0 Å². The summed E-state index contributed by atoms with van der Waals surface area (Å²) < 4.78 is 27.4. The van der Waals surface area contributed by atoms with Crippen molar-refractivity contribution in [1.29, 1.82) is 0 Å². The summed E-state index contributed by atoms with van der Waals surface area (Å²) in [5.74, 6) is 0. The molecule has 0 aliphatic rings. The monoisotopic (exact) mass is 320 g/mol. The maximum atomic E-state index is 12.4. The minimum atomic E-state index is -3.79. The van der Waals surface area contributed by atoms with Gasteiger partial charge < -0.3 is 10.8 Å². The van der Waals surface area contributed by atoms with Crippen molar-refractivity contribution < 1.29 is 13.5 Å². The van der Waals surface area contributed by atoms with Crippen molar-refractivity contribution in [3.8, 4) is 0 Å². The highest BCUT2D eigenvalue weighted by Crippen LogP contribution is 2.27. The molecule has 5 nitrogen and oxygen atoms in total. The Hall–Kier alpha value is -0.820. The highest BCUT2D eigenvalue weighted by molar-refractivity contribution is 7.89. The van der Waals surface area contributed by atoms with Gasteiger partial charge in [-0.15, -0.1) is 0 Å². The predicted octanol–water partition coefficient (Wildman–Crippen LogP) is 2.06. The van der Waals surface area contributed by atoms with Gasteiger partial charge in [-0.1, -0.05) is 25.4 Å². The van der Waals surface area contributed by atoms with E-state index in [4.69, 9.17) is 17.3 Å². The lowest BCUT2D eigenvalue weighted by Gasteiger charge is -2.30. The summed E-state index contributed by atoms with van der Waals surface area (Å²) in [7, 11) is -3.79. The van der Waals surface area contributed by atoms with Crippen molar-refractivity contribution in [3.05, 3.63) is 22.7 Å². The van der Waals surface area contributed by atoms with E-state index in [1.54, 1.807) is 6.92 Å². The molecule has 0 spiro atoms. The normalized spacial score (nSPS) is 12.7. The first-order chi connectivity index (χ1) is 9.21. The van der Waals surface area contributed by atoms with E-state index in [2.05, 4.69) is 4.72 Å². The molecule has 20 heavy (non-hydrogen) atoms. The van der Waals surface area contributed by atoms with Crippen molar-refractivity contribution in [1.82, 2.24) is 4.72 Å². The molecule has 0 fully saturated rings. The fraction of sp³-hybridized carbons (Fsp3) is 0.538. The van der Waals surface area contributed by atoms with E-state index < -0.39 is 15.6 Å². The molecule has 1 aromatic rings. The van der Waals surface area contributed by atoms with Gasteiger partial charge in [-0.25, -0.2) is 13.1 Å². The summed E-state index contributed by atoms with van der Waals surface area (Å²) in [6, 6.07) is 2.74. The van der Waals surface area contributed by atoms with Crippen molar-refractivity contribution >= 4 is 27.3 Å². The van der Waals surface area contributed by atoms with Crippen LogP contribution in [0, 0.1) is 6.92 Å². The molecule has 0 aliphatic heterocycles. The largest absolute Gasteiger partial charge is 0.398 e. The Morgan fingerprint density at radius 3 is 2.30 bits per heavy atom. The number of aliphatic hydroxyl groups is 1. The van der Waals surface area contributed by atoms with E-state index in [0.717, 1.165) is 0 Å². The molecule has 0 amide bonds. The second-order valence-corrected chi connectivity index (χ2v) is 6.96. The average molecular weight is 321 g/mol. The molecule has 7 heteroatoms.